The molecular weight excluding hydrogens is 163 g/mol. The van der Waals surface area contributed by atoms with Gasteiger partial charge in [-0.25, -0.2) is 0 Å². The highest BCUT2D eigenvalue weighted by Gasteiger charge is 2.17. The summed E-state index contributed by atoms with van der Waals surface area (Å²) in [6.07, 6.45) is 10.5. The summed E-state index contributed by atoms with van der Waals surface area (Å²) in [5.41, 5.74) is 0. The van der Waals surface area contributed by atoms with Gasteiger partial charge >= 0.3 is 0 Å². The van der Waals surface area contributed by atoms with Crippen molar-refractivity contribution in [1.82, 2.24) is 0 Å². The standard InChI is InChI=1S/C11H23P/c1-10-5-7-11(8-6-10)4-3-9-12-2/h10-12H,3-9H2,1-2H3. The van der Waals surface area contributed by atoms with Crippen molar-refractivity contribution < 1.29 is 0 Å². The summed E-state index contributed by atoms with van der Waals surface area (Å²) in [5.74, 6) is 2.12. The van der Waals surface area contributed by atoms with Gasteiger partial charge in [-0.3, -0.25) is 0 Å². The predicted octanol–water partition coefficient (Wildman–Crippen LogP) is 3.90. The molecule has 0 aromatic heterocycles. The molecule has 1 heteroatoms. The van der Waals surface area contributed by atoms with Crippen molar-refractivity contribution in [2.24, 2.45) is 11.8 Å². The summed E-state index contributed by atoms with van der Waals surface area (Å²) in [4.78, 5) is 0. The van der Waals surface area contributed by atoms with Crippen LogP contribution in [0.3, 0.4) is 0 Å². The molecule has 0 amide bonds. The maximum Gasteiger partial charge on any atom is -0.0356 e. The van der Waals surface area contributed by atoms with Crippen LogP contribution in [-0.4, -0.2) is 12.8 Å². The Morgan fingerprint density at radius 2 is 1.83 bits per heavy atom. The van der Waals surface area contributed by atoms with Crippen LogP contribution in [0.1, 0.15) is 45.4 Å². The van der Waals surface area contributed by atoms with E-state index in [1.54, 1.807) is 0 Å². The molecule has 1 rings (SSSR count). The summed E-state index contributed by atoms with van der Waals surface area (Å²) in [5, 5.41) is 0. The molecule has 0 N–H and O–H groups in total. The summed E-state index contributed by atoms with van der Waals surface area (Å²) in [6, 6.07) is 0. The number of hydrogen-bond donors (Lipinski definition) is 0. The molecule has 1 fully saturated rings. The van der Waals surface area contributed by atoms with Gasteiger partial charge in [0.05, 0.1) is 0 Å². The summed E-state index contributed by atoms with van der Waals surface area (Å²) in [7, 11) is 1.17. The van der Waals surface area contributed by atoms with Gasteiger partial charge in [-0.15, -0.1) is 8.58 Å². The molecule has 1 atom stereocenters. The lowest BCUT2D eigenvalue weighted by Crippen LogP contribution is -2.12. The molecule has 0 aromatic carbocycles. The SMILES string of the molecule is CPCCCC1CCC(C)CC1. The lowest BCUT2D eigenvalue weighted by atomic mass is 9.81. The van der Waals surface area contributed by atoms with Crippen molar-refractivity contribution >= 4 is 8.58 Å². The Kier molecular flexibility index (Phi) is 5.23. The quantitative estimate of drug-likeness (QED) is 0.461. The second kappa shape index (κ2) is 5.97. The molecular formula is C11H23P. The molecule has 1 aliphatic carbocycles. The average Bonchev–Trinajstić information content (AvgIpc) is 2.09. The van der Waals surface area contributed by atoms with Gasteiger partial charge in [0.15, 0.2) is 0 Å². The van der Waals surface area contributed by atoms with Crippen LogP contribution in [0.15, 0.2) is 0 Å². The maximum absolute atomic E-state index is 2.41. The van der Waals surface area contributed by atoms with Crippen molar-refractivity contribution in [3.63, 3.8) is 0 Å². The molecule has 0 radical (unpaired) electrons. The Labute approximate surface area is 79.3 Å². The van der Waals surface area contributed by atoms with E-state index in [1.165, 1.54) is 53.3 Å². The third kappa shape index (κ3) is 3.90. The van der Waals surface area contributed by atoms with Gasteiger partial charge < -0.3 is 0 Å². The molecule has 1 unspecified atom stereocenters. The molecule has 12 heavy (non-hydrogen) atoms. The normalized spacial score (nSPS) is 31.5. The Bertz CT molecular complexity index is 104. The van der Waals surface area contributed by atoms with Gasteiger partial charge in [-0.05, 0) is 31.1 Å². The van der Waals surface area contributed by atoms with Gasteiger partial charge in [0.1, 0.15) is 0 Å². The molecule has 0 saturated heterocycles. The fourth-order valence-electron chi connectivity index (χ4n) is 2.19. The first-order valence-electron chi connectivity index (χ1n) is 5.47. The van der Waals surface area contributed by atoms with Crippen molar-refractivity contribution in [3.8, 4) is 0 Å². The van der Waals surface area contributed by atoms with Crippen molar-refractivity contribution in [2.45, 2.75) is 45.4 Å². The van der Waals surface area contributed by atoms with Crippen LogP contribution in [0, 0.1) is 11.8 Å². The van der Waals surface area contributed by atoms with E-state index in [2.05, 4.69) is 13.6 Å². The van der Waals surface area contributed by atoms with Crippen molar-refractivity contribution in [3.05, 3.63) is 0 Å². The van der Waals surface area contributed by atoms with Crippen LogP contribution in [0.2, 0.25) is 0 Å². The van der Waals surface area contributed by atoms with E-state index in [1.807, 2.05) is 0 Å². The summed E-state index contributed by atoms with van der Waals surface area (Å²) in [6.45, 7) is 4.73. The van der Waals surface area contributed by atoms with Crippen LogP contribution in [0.25, 0.3) is 0 Å². The zero-order chi connectivity index (χ0) is 8.81. The van der Waals surface area contributed by atoms with Crippen molar-refractivity contribution in [1.29, 1.82) is 0 Å². The van der Waals surface area contributed by atoms with E-state index in [9.17, 15) is 0 Å². The van der Waals surface area contributed by atoms with E-state index >= 15 is 0 Å². The zero-order valence-electron chi connectivity index (χ0n) is 8.60. The molecule has 0 bridgehead atoms. The minimum Gasteiger partial charge on any atom is -0.125 e. The Balaban J connectivity index is 2.01. The Morgan fingerprint density at radius 1 is 1.17 bits per heavy atom. The lowest BCUT2D eigenvalue weighted by molar-refractivity contribution is 0.276. The fourth-order valence-corrected chi connectivity index (χ4v) is 2.74. The molecule has 0 heterocycles. The summed E-state index contributed by atoms with van der Waals surface area (Å²) < 4.78 is 0. The highest BCUT2D eigenvalue weighted by molar-refractivity contribution is 7.36. The third-order valence-corrected chi connectivity index (χ3v) is 4.03. The maximum atomic E-state index is 2.41. The highest BCUT2D eigenvalue weighted by Crippen LogP contribution is 2.31. The summed E-state index contributed by atoms with van der Waals surface area (Å²) >= 11 is 0. The van der Waals surface area contributed by atoms with Gasteiger partial charge in [0, 0.05) is 0 Å². The van der Waals surface area contributed by atoms with Gasteiger partial charge in [0.2, 0.25) is 0 Å². The first kappa shape index (κ1) is 10.5. The van der Waals surface area contributed by atoms with Crippen molar-refractivity contribution in [2.75, 3.05) is 12.8 Å². The van der Waals surface area contributed by atoms with E-state index in [0.29, 0.717) is 0 Å². The van der Waals surface area contributed by atoms with E-state index < -0.39 is 0 Å². The minimum absolute atomic E-state index is 1.02. The lowest BCUT2D eigenvalue weighted by Gasteiger charge is -2.25. The van der Waals surface area contributed by atoms with Crippen LogP contribution < -0.4 is 0 Å². The van der Waals surface area contributed by atoms with Gasteiger partial charge in [-0.1, -0.05) is 39.0 Å². The van der Waals surface area contributed by atoms with Crippen LogP contribution >= 0.6 is 8.58 Å². The van der Waals surface area contributed by atoms with E-state index in [4.69, 9.17) is 0 Å². The largest absolute Gasteiger partial charge is 0.125 e. The minimum atomic E-state index is 1.02. The monoisotopic (exact) mass is 186 g/mol. The third-order valence-electron chi connectivity index (χ3n) is 3.17. The molecule has 0 spiro atoms. The fraction of sp³-hybridized carbons (Fsp3) is 1.00. The molecule has 72 valence electrons. The van der Waals surface area contributed by atoms with Gasteiger partial charge in [-0.2, -0.15) is 0 Å². The zero-order valence-corrected chi connectivity index (χ0v) is 9.60. The van der Waals surface area contributed by atoms with E-state index in [0.717, 1.165) is 11.8 Å². The predicted molar refractivity (Wildman–Crippen MR) is 59.5 cm³/mol. The first-order valence-corrected chi connectivity index (χ1v) is 7.18. The van der Waals surface area contributed by atoms with E-state index in [-0.39, 0.29) is 0 Å². The molecule has 0 aromatic rings. The van der Waals surface area contributed by atoms with Crippen LogP contribution in [0.5, 0.6) is 0 Å². The number of rotatable bonds is 4. The topological polar surface area (TPSA) is 0 Å². The first-order chi connectivity index (χ1) is 5.83. The number of hydrogen-bond acceptors (Lipinski definition) is 0. The Hall–Kier alpha value is 0.430. The van der Waals surface area contributed by atoms with Crippen LogP contribution in [-0.2, 0) is 0 Å². The highest BCUT2D eigenvalue weighted by atomic mass is 31.1. The average molecular weight is 186 g/mol. The second-order valence-electron chi connectivity index (χ2n) is 4.37. The molecule has 0 aliphatic heterocycles. The molecule has 0 nitrogen and oxygen atoms in total. The van der Waals surface area contributed by atoms with Crippen LogP contribution in [0.4, 0.5) is 0 Å². The molecule has 1 aliphatic rings. The Morgan fingerprint density at radius 3 is 2.42 bits per heavy atom. The molecule has 1 saturated carbocycles. The second-order valence-corrected chi connectivity index (χ2v) is 5.58. The smallest absolute Gasteiger partial charge is 0.0356 e. The van der Waals surface area contributed by atoms with Gasteiger partial charge in [0.25, 0.3) is 0 Å².